The van der Waals surface area contributed by atoms with E-state index in [4.69, 9.17) is 0 Å². The van der Waals surface area contributed by atoms with Gasteiger partial charge in [-0.2, -0.15) is 5.10 Å². The lowest BCUT2D eigenvalue weighted by Gasteiger charge is -2.22. The summed E-state index contributed by atoms with van der Waals surface area (Å²) >= 11 is 0. The monoisotopic (exact) mass is 211 g/mol. The molecular formula is C11H21N3O. The third-order valence-electron chi connectivity index (χ3n) is 2.35. The molecule has 1 heterocycles. The summed E-state index contributed by atoms with van der Waals surface area (Å²) in [4.78, 5) is 0. The van der Waals surface area contributed by atoms with Crippen LogP contribution in [0.4, 0.5) is 0 Å². The van der Waals surface area contributed by atoms with E-state index in [2.05, 4.69) is 24.3 Å². The van der Waals surface area contributed by atoms with E-state index >= 15 is 0 Å². The maximum absolute atomic E-state index is 10.2. The van der Waals surface area contributed by atoms with E-state index in [1.165, 1.54) is 0 Å². The second-order valence-electron chi connectivity index (χ2n) is 4.70. The molecule has 15 heavy (non-hydrogen) atoms. The molecular weight excluding hydrogens is 190 g/mol. The maximum Gasteiger partial charge on any atom is 0.102 e. The minimum Gasteiger partial charge on any atom is -0.384 e. The summed E-state index contributed by atoms with van der Waals surface area (Å²) in [7, 11) is 1.85. The van der Waals surface area contributed by atoms with Crippen LogP contribution >= 0.6 is 0 Å². The number of nitrogens with zero attached hydrogens (tertiary/aromatic N) is 2. The van der Waals surface area contributed by atoms with Gasteiger partial charge in [0.2, 0.25) is 0 Å². The number of rotatable bonds is 5. The zero-order valence-corrected chi connectivity index (χ0v) is 9.99. The fourth-order valence-corrected chi connectivity index (χ4v) is 1.41. The fraction of sp³-hybridized carbons (Fsp3) is 0.727. The Labute approximate surface area is 91.3 Å². The first-order valence-corrected chi connectivity index (χ1v) is 5.34. The van der Waals surface area contributed by atoms with Crippen LogP contribution in [0.5, 0.6) is 0 Å². The first-order valence-electron chi connectivity index (χ1n) is 5.34. The Bertz CT molecular complexity index is 305. The lowest BCUT2D eigenvalue weighted by Crippen LogP contribution is -2.36. The topological polar surface area (TPSA) is 50.1 Å². The highest BCUT2D eigenvalue weighted by molar-refractivity contribution is 5.14. The second-order valence-corrected chi connectivity index (χ2v) is 4.70. The Balaban J connectivity index is 2.51. The molecule has 4 nitrogen and oxygen atoms in total. The first-order chi connectivity index (χ1) is 6.92. The molecule has 1 rings (SSSR count). The smallest absolute Gasteiger partial charge is 0.102 e. The highest BCUT2D eigenvalue weighted by Crippen LogP contribution is 2.18. The van der Waals surface area contributed by atoms with Gasteiger partial charge in [-0.05, 0) is 19.4 Å². The molecule has 0 fully saturated rings. The predicted octanol–water partition coefficient (Wildman–Crippen LogP) is 0.873. The predicted molar refractivity (Wildman–Crippen MR) is 60.5 cm³/mol. The molecule has 0 amide bonds. The molecule has 1 aromatic heterocycles. The molecule has 0 aromatic carbocycles. The summed E-state index contributed by atoms with van der Waals surface area (Å²) in [6.45, 7) is 7.56. The van der Waals surface area contributed by atoms with Gasteiger partial charge in [-0.3, -0.25) is 4.68 Å². The molecule has 0 saturated carbocycles. The van der Waals surface area contributed by atoms with Crippen LogP contribution in [-0.4, -0.2) is 28.0 Å². The Morgan fingerprint density at radius 3 is 2.73 bits per heavy atom. The Morgan fingerprint density at radius 2 is 2.27 bits per heavy atom. The molecule has 1 aromatic rings. The zero-order valence-electron chi connectivity index (χ0n) is 9.99. The van der Waals surface area contributed by atoms with Crippen molar-refractivity contribution in [3.8, 4) is 0 Å². The van der Waals surface area contributed by atoms with Gasteiger partial charge in [0.15, 0.2) is 0 Å². The van der Waals surface area contributed by atoms with E-state index < -0.39 is 5.60 Å². The van der Waals surface area contributed by atoms with Crippen molar-refractivity contribution in [1.82, 2.24) is 15.1 Å². The van der Waals surface area contributed by atoms with Crippen molar-refractivity contribution in [2.24, 2.45) is 13.0 Å². The molecule has 0 aliphatic rings. The molecule has 0 spiro atoms. The van der Waals surface area contributed by atoms with Crippen LogP contribution in [0, 0.1) is 5.92 Å². The molecule has 1 unspecified atom stereocenters. The van der Waals surface area contributed by atoms with Gasteiger partial charge in [0, 0.05) is 25.4 Å². The highest BCUT2D eigenvalue weighted by Gasteiger charge is 2.23. The Kier molecular flexibility index (Phi) is 3.88. The third-order valence-corrected chi connectivity index (χ3v) is 2.35. The van der Waals surface area contributed by atoms with Gasteiger partial charge in [0.25, 0.3) is 0 Å². The number of aromatic nitrogens is 2. The molecule has 86 valence electrons. The van der Waals surface area contributed by atoms with Crippen LogP contribution in [0.15, 0.2) is 12.4 Å². The van der Waals surface area contributed by atoms with Crippen molar-refractivity contribution in [1.29, 1.82) is 0 Å². The Hall–Kier alpha value is -0.870. The molecule has 0 aliphatic heterocycles. The number of hydrogen-bond acceptors (Lipinski definition) is 3. The van der Waals surface area contributed by atoms with Crippen LogP contribution in [0.3, 0.4) is 0 Å². The van der Waals surface area contributed by atoms with Crippen molar-refractivity contribution in [3.63, 3.8) is 0 Å². The summed E-state index contributed by atoms with van der Waals surface area (Å²) in [5, 5.41) is 17.5. The summed E-state index contributed by atoms with van der Waals surface area (Å²) in [6, 6.07) is 0. The molecule has 0 radical (unpaired) electrons. The SMILES string of the molecule is CC(C)CNCC(C)(O)c1cnn(C)c1. The molecule has 1 atom stereocenters. The first kappa shape index (κ1) is 12.2. The molecule has 4 heteroatoms. The number of aryl methyl sites for hydroxylation is 1. The zero-order chi connectivity index (χ0) is 11.5. The van der Waals surface area contributed by atoms with Gasteiger partial charge in [-0.1, -0.05) is 13.8 Å². The van der Waals surface area contributed by atoms with Crippen LogP contribution in [0.2, 0.25) is 0 Å². The van der Waals surface area contributed by atoms with Crippen LogP contribution in [-0.2, 0) is 12.6 Å². The van der Waals surface area contributed by atoms with Crippen LogP contribution in [0.25, 0.3) is 0 Å². The second kappa shape index (κ2) is 4.77. The number of hydrogen-bond donors (Lipinski definition) is 2. The van der Waals surface area contributed by atoms with E-state index in [0.29, 0.717) is 12.5 Å². The summed E-state index contributed by atoms with van der Waals surface area (Å²) in [6.07, 6.45) is 3.55. The lowest BCUT2D eigenvalue weighted by molar-refractivity contribution is 0.0563. The van der Waals surface area contributed by atoms with Crippen molar-refractivity contribution in [2.45, 2.75) is 26.4 Å². The van der Waals surface area contributed by atoms with Gasteiger partial charge in [-0.15, -0.1) is 0 Å². The van der Waals surface area contributed by atoms with Gasteiger partial charge < -0.3 is 10.4 Å². The summed E-state index contributed by atoms with van der Waals surface area (Å²) < 4.78 is 1.70. The summed E-state index contributed by atoms with van der Waals surface area (Å²) in [5.74, 6) is 0.592. The minimum absolute atomic E-state index is 0.552. The fourth-order valence-electron chi connectivity index (χ4n) is 1.41. The molecule has 2 N–H and O–H groups in total. The number of aliphatic hydroxyl groups is 1. The minimum atomic E-state index is -0.844. The molecule has 0 bridgehead atoms. The van der Waals surface area contributed by atoms with Gasteiger partial charge in [0.05, 0.1) is 6.20 Å². The third kappa shape index (κ3) is 3.64. The van der Waals surface area contributed by atoms with Crippen molar-refractivity contribution < 1.29 is 5.11 Å². The number of nitrogens with one attached hydrogen (secondary N) is 1. The summed E-state index contributed by atoms with van der Waals surface area (Å²) in [5.41, 5.74) is 0.00429. The van der Waals surface area contributed by atoms with E-state index in [1.54, 1.807) is 17.8 Å². The normalized spacial score (nSPS) is 15.6. The van der Waals surface area contributed by atoms with E-state index in [9.17, 15) is 5.11 Å². The standard InChI is InChI=1S/C11H21N3O/c1-9(2)5-12-8-11(3,15)10-6-13-14(4)7-10/h6-7,9,12,15H,5,8H2,1-4H3. The van der Waals surface area contributed by atoms with Crippen LogP contribution in [0.1, 0.15) is 26.3 Å². The highest BCUT2D eigenvalue weighted by atomic mass is 16.3. The van der Waals surface area contributed by atoms with Crippen molar-refractivity contribution in [2.75, 3.05) is 13.1 Å². The van der Waals surface area contributed by atoms with E-state index in [1.807, 2.05) is 13.2 Å². The largest absolute Gasteiger partial charge is 0.384 e. The van der Waals surface area contributed by atoms with Gasteiger partial charge >= 0.3 is 0 Å². The van der Waals surface area contributed by atoms with Gasteiger partial charge in [-0.25, -0.2) is 0 Å². The van der Waals surface area contributed by atoms with E-state index in [0.717, 1.165) is 12.1 Å². The van der Waals surface area contributed by atoms with Crippen molar-refractivity contribution in [3.05, 3.63) is 18.0 Å². The van der Waals surface area contributed by atoms with E-state index in [-0.39, 0.29) is 0 Å². The van der Waals surface area contributed by atoms with Gasteiger partial charge in [0.1, 0.15) is 5.60 Å². The maximum atomic E-state index is 10.2. The van der Waals surface area contributed by atoms with Crippen LogP contribution < -0.4 is 5.32 Å². The Morgan fingerprint density at radius 1 is 1.60 bits per heavy atom. The molecule has 0 saturated heterocycles. The molecule has 0 aliphatic carbocycles. The average molecular weight is 211 g/mol. The lowest BCUT2D eigenvalue weighted by atomic mass is 9.99. The van der Waals surface area contributed by atoms with Crippen molar-refractivity contribution >= 4 is 0 Å². The quantitative estimate of drug-likeness (QED) is 0.760. The average Bonchev–Trinajstić information content (AvgIpc) is 2.51.